The van der Waals surface area contributed by atoms with Crippen molar-refractivity contribution in [1.29, 1.82) is 0 Å². The molecule has 0 saturated carbocycles. The number of benzene rings is 1. The fourth-order valence-corrected chi connectivity index (χ4v) is 4.34. The minimum atomic E-state index is -3.73. The molecule has 0 aromatic heterocycles. The third kappa shape index (κ3) is 6.19. The first kappa shape index (κ1) is 21.7. The van der Waals surface area contributed by atoms with Crippen molar-refractivity contribution >= 4 is 33.5 Å². The molecule has 1 aliphatic rings. The second-order valence-electron chi connectivity index (χ2n) is 6.69. The minimum Gasteiger partial charge on any atom is -0.456 e. The van der Waals surface area contributed by atoms with Crippen molar-refractivity contribution in [2.24, 2.45) is 0 Å². The summed E-state index contributed by atoms with van der Waals surface area (Å²) in [4.78, 5) is 25.9. The predicted molar refractivity (Wildman–Crippen MR) is 102 cm³/mol. The lowest BCUT2D eigenvalue weighted by Gasteiger charge is -2.38. The van der Waals surface area contributed by atoms with E-state index in [2.05, 4.69) is 4.72 Å². The number of amides is 1. The van der Waals surface area contributed by atoms with Crippen LogP contribution in [0.3, 0.4) is 0 Å². The Balaban J connectivity index is 1.76. The zero-order valence-corrected chi connectivity index (χ0v) is 17.1. The number of rotatable bonds is 7. The summed E-state index contributed by atoms with van der Waals surface area (Å²) < 4.78 is 31.5. The van der Waals surface area contributed by atoms with Crippen molar-refractivity contribution in [2.45, 2.75) is 56.5 Å². The average molecular weight is 417 g/mol. The molecule has 0 aliphatic carbocycles. The summed E-state index contributed by atoms with van der Waals surface area (Å²) in [6, 6.07) is 5.96. The molecule has 1 aromatic rings. The summed E-state index contributed by atoms with van der Waals surface area (Å²) in [7, 11) is -3.73. The van der Waals surface area contributed by atoms with Gasteiger partial charge in [0.15, 0.2) is 6.61 Å². The highest BCUT2D eigenvalue weighted by Gasteiger charge is 2.29. The first-order valence-electron chi connectivity index (χ1n) is 8.92. The molecular formula is C18H25ClN2O5S. The van der Waals surface area contributed by atoms with Gasteiger partial charge in [-0.15, -0.1) is 0 Å². The molecule has 1 saturated heterocycles. The largest absolute Gasteiger partial charge is 0.456 e. The lowest BCUT2D eigenvalue weighted by molar-refractivity contribution is -0.154. The third-order valence-corrected chi connectivity index (χ3v) is 6.31. The van der Waals surface area contributed by atoms with E-state index in [1.807, 2.05) is 13.8 Å². The Hall–Kier alpha value is -1.64. The third-order valence-electron chi connectivity index (χ3n) is 4.58. The first-order valence-corrected chi connectivity index (χ1v) is 10.8. The maximum Gasteiger partial charge on any atom is 0.307 e. The van der Waals surface area contributed by atoms with Crippen LogP contribution in [0.1, 0.15) is 39.5 Å². The molecule has 1 heterocycles. The molecule has 2 atom stereocenters. The number of hydrogen-bond donors (Lipinski definition) is 1. The van der Waals surface area contributed by atoms with E-state index in [9.17, 15) is 18.0 Å². The SMILES string of the molecule is C[C@@H]1CCC[C@@H](C)N1C(=O)COC(=O)CCNS(=O)(=O)c1ccc(Cl)cc1. The number of sulfonamides is 1. The van der Waals surface area contributed by atoms with Gasteiger partial charge in [0, 0.05) is 23.7 Å². The molecule has 2 rings (SSSR count). The Labute approximate surface area is 165 Å². The molecule has 7 nitrogen and oxygen atoms in total. The molecule has 150 valence electrons. The van der Waals surface area contributed by atoms with Crippen LogP contribution in [-0.2, 0) is 24.3 Å². The summed E-state index contributed by atoms with van der Waals surface area (Å²) in [5, 5.41) is 0.430. The molecule has 0 unspecified atom stereocenters. The normalized spacial score (nSPS) is 20.3. The summed E-state index contributed by atoms with van der Waals surface area (Å²) in [6.45, 7) is 3.54. The number of esters is 1. The van der Waals surface area contributed by atoms with Gasteiger partial charge in [0.25, 0.3) is 5.91 Å². The lowest BCUT2D eigenvalue weighted by Crippen LogP contribution is -2.49. The van der Waals surface area contributed by atoms with Gasteiger partial charge in [-0.25, -0.2) is 13.1 Å². The number of ether oxygens (including phenoxy) is 1. The smallest absolute Gasteiger partial charge is 0.307 e. The number of piperidine rings is 1. The Kier molecular flexibility index (Phi) is 7.64. The van der Waals surface area contributed by atoms with Crippen LogP contribution in [0.2, 0.25) is 5.02 Å². The van der Waals surface area contributed by atoms with Crippen molar-refractivity contribution in [2.75, 3.05) is 13.2 Å². The summed E-state index contributed by atoms with van der Waals surface area (Å²) in [6.07, 6.45) is 2.80. The van der Waals surface area contributed by atoms with Crippen LogP contribution >= 0.6 is 11.6 Å². The zero-order chi connectivity index (χ0) is 20.0. The molecule has 0 spiro atoms. The number of nitrogens with zero attached hydrogens (tertiary/aromatic N) is 1. The highest BCUT2D eigenvalue weighted by molar-refractivity contribution is 7.89. The van der Waals surface area contributed by atoms with Gasteiger partial charge in [-0.1, -0.05) is 11.6 Å². The van der Waals surface area contributed by atoms with E-state index in [0.29, 0.717) is 5.02 Å². The Morgan fingerprint density at radius 2 is 1.78 bits per heavy atom. The fourth-order valence-electron chi connectivity index (χ4n) is 3.19. The molecule has 9 heteroatoms. The van der Waals surface area contributed by atoms with Gasteiger partial charge in [-0.2, -0.15) is 0 Å². The molecule has 1 aromatic carbocycles. The van der Waals surface area contributed by atoms with E-state index in [1.165, 1.54) is 24.3 Å². The number of carbonyl (C=O) groups excluding carboxylic acids is 2. The van der Waals surface area contributed by atoms with Crippen molar-refractivity contribution in [3.8, 4) is 0 Å². The highest BCUT2D eigenvalue weighted by Crippen LogP contribution is 2.22. The second kappa shape index (κ2) is 9.52. The Morgan fingerprint density at radius 1 is 1.19 bits per heavy atom. The van der Waals surface area contributed by atoms with Crippen molar-refractivity contribution in [1.82, 2.24) is 9.62 Å². The van der Waals surface area contributed by atoms with Crippen molar-refractivity contribution in [3.63, 3.8) is 0 Å². The number of nitrogens with one attached hydrogen (secondary N) is 1. The fraction of sp³-hybridized carbons (Fsp3) is 0.556. The van der Waals surface area contributed by atoms with Gasteiger partial charge >= 0.3 is 5.97 Å². The van der Waals surface area contributed by atoms with Gasteiger partial charge in [0.1, 0.15) is 0 Å². The average Bonchev–Trinajstić information content (AvgIpc) is 2.60. The van der Waals surface area contributed by atoms with Crippen LogP contribution in [0.15, 0.2) is 29.2 Å². The number of carbonyl (C=O) groups is 2. The van der Waals surface area contributed by atoms with Gasteiger partial charge in [-0.3, -0.25) is 9.59 Å². The highest BCUT2D eigenvalue weighted by atomic mass is 35.5. The van der Waals surface area contributed by atoms with Crippen LogP contribution < -0.4 is 4.72 Å². The summed E-state index contributed by atoms with van der Waals surface area (Å²) in [5.41, 5.74) is 0. The molecule has 1 amide bonds. The van der Waals surface area contributed by atoms with Crippen molar-refractivity contribution < 1.29 is 22.7 Å². The summed E-state index contributed by atoms with van der Waals surface area (Å²) in [5.74, 6) is -0.843. The molecule has 1 aliphatic heterocycles. The predicted octanol–water partition coefficient (Wildman–Crippen LogP) is 2.34. The number of hydrogen-bond acceptors (Lipinski definition) is 5. The molecule has 0 radical (unpaired) electrons. The van der Waals surface area contributed by atoms with E-state index in [4.69, 9.17) is 16.3 Å². The molecule has 1 N–H and O–H groups in total. The Bertz CT molecular complexity index is 756. The second-order valence-corrected chi connectivity index (χ2v) is 8.90. The molecular weight excluding hydrogens is 392 g/mol. The van der Waals surface area contributed by atoms with Crippen molar-refractivity contribution in [3.05, 3.63) is 29.3 Å². The number of likely N-dealkylation sites (tertiary alicyclic amines) is 1. The van der Waals surface area contributed by atoms with E-state index >= 15 is 0 Å². The number of halogens is 1. The maximum atomic E-state index is 12.3. The van der Waals surface area contributed by atoms with Gasteiger partial charge in [0.05, 0.1) is 11.3 Å². The van der Waals surface area contributed by atoms with Gasteiger partial charge < -0.3 is 9.64 Å². The quantitative estimate of drug-likeness (QED) is 0.688. The van der Waals surface area contributed by atoms with Gasteiger partial charge in [0.2, 0.25) is 10.0 Å². The zero-order valence-electron chi connectivity index (χ0n) is 15.5. The van der Waals surface area contributed by atoms with E-state index in [1.54, 1.807) is 4.90 Å². The monoisotopic (exact) mass is 416 g/mol. The standard InChI is InChI=1S/C18H25ClN2O5S/c1-13-4-3-5-14(2)21(13)17(22)12-26-18(23)10-11-20-27(24,25)16-8-6-15(19)7-9-16/h6-9,13-14,20H,3-5,10-12H2,1-2H3/t13-,14-/m1/s1. The molecule has 0 bridgehead atoms. The molecule has 27 heavy (non-hydrogen) atoms. The van der Waals surface area contributed by atoms with Crippen LogP contribution in [0.4, 0.5) is 0 Å². The topological polar surface area (TPSA) is 92.8 Å². The summed E-state index contributed by atoms with van der Waals surface area (Å²) >= 11 is 5.73. The van der Waals surface area contributed by atoms with Crippen LogP contribution in [0, 0.1) is 0 Å². The first-order chi connectivity index (χ1) is 12.7. The molecule has 1 fully saturated rings. The van der Waals surface area contributed by atoms with E-state index in [0.717, 1.165) is 19.3 Å². The maximum absolute atomic E-state index is 12.3. The van der Waals surface area contributed by atoms with Gasteiger partial charge in [-0.05, 0) is 57.4 Å². The Morgan fingerprint density at radius 3 is 2.37 bits per heavy atom. The lowest BCUT2D eigenvalue weighted by atomic mass is 9.97. The van der Waals surface area contributed by atoms with Crippen LogP contribution in [-0.4, -0.2) is 50.4 Å². The van der Waals surface area contributed by atoms with Crippen LogP contribution in [0.25, 0.3) is 0 Å². The van der Waals surface area contributed by atoms with E-state index in [-0.39, 0.29) is 42.5 Å². The minimum absolute atomic E-state index is 0.0588. The van der Waals surface area contributed by atoms with Crippen LogP contribution in [0.5, 0.6) is 0 Å². The van der Waals surface area contributed by atoms with E-state index < -0.39 is 16.0 Å².